The van der Waals surface area contributed by atoms with Crippen LogP contribution in [0.4, 0.5) is 0 Å². The third-order valence-corrected chi connectivity index (χ3v) is 2.99. The van der Waals surface area contributed by atoms with Gasteiger partial charge in [0.25, 0.3) is 0 Å². The second kappa shape index (κ2) is 3.76. The molecule has 3 nitrogen and oxygen atoms in total. The minimum absolute atomic E-state index is 0.117. The number of Topliss-reactive ketones (excluding diaryl/α,β-unsaturated/α-hetero) is 1. The fourth-order valence-electron chi connectivity index (χ4n) is 1.76. The van der Waals surface area contributed by atoms with Crippen LogP contribution in [0.25, 0.3) is 0 Å². The Labute approximate surface area is 80.3 Å². The summed E-state index contributed by atoms with van der Waals surface area (Å²) in [5.74, 6) is 0.247. The van der Waals surface area contributed by atoms with Gasteiger partial charge >= 0.3 is 0 Å². The molecule has 1 heterocycles. The van der Waals surface area contributed by atoms with Gasteiger partial charge in [0.15, 0.2) is 0 Å². The first-order valence-electron chi connectivity index (χ1n) is 4.92. The molecule has 1 saturated heterocycles. The summed E-state index contributed by atoms with van der Waals surface area (Å²) in [6.07, 6.45) is 1.88. The molecule has 0 bridgehead atoms. The van der Waals surface area contributed by atoms with Crippen LogP contribution in [0.3, 0.4) is 0 Å². The van der Waals surface area contributed by atoms with Gasteiger partial charge in [-0.25, -0.2) is 0 Å². The molecule has 0 amide bonds. The van der Waals surface area contributed by atoms with Gasteiger partial charge in [0.1, 0.15) is 5.78 Å². The van der Waals surface area contributed by atoms with Crippen LogP contribution in [-0.2, 0) is 4.79 Å². The van der Waals surface area contributed by atoms with E-state index in [0.29, 0.717) is 6.42 Å². The number of rotatable bonds is 3. The maximum atomic E-state index is 10.8. The summed E-state index contributed by atoms with van der Waals surface area (Å²) in [6, 6.07) is 0. The predicted octanol–water partition coefficient (Wildman–Crippen LogP) is 0.982. The Morgan fingerprint density at radius 1 is 1.62 bits per heavy atom. The van der Waals surface area contributed by atoms with Crippen molar-refractivity contribution in [3.05, 3.63) is 0 Å². The highest BCUT2D eigenvalue weighted by Gasteiger charge is 2.37. The standard InChI is InChI=1S/C10H20N2O/c1-8(13)4-6-12-7-5-10(2,3)9(12)11/h9H,4-7,11H2,1-3H3/t9-/m1/s1. The van der Waals surface area contributed by atoms with E-state index in [0.717, 1.165) is 19.5 Å². The van der Waals surface area contributed by atoms with Crippen molar-refractivity contribution in [1.82, 2.24) is 4.90 Å². The Hall–Kier alpha value is -0.410. The summed E-state index contributed by atoms with van der Waals surface area (Å²) < 4.78 is 0. The largest absolute Gasteiger partial charge is 0.315 e. The summed E-state index contributed by atoms with van der Waals surface area (Å²) in [5.41, 5.74) is 6.26. The molecule has 1 aliphatic heterocycles. The molecular weight excluding hydrogens is 164 g/mol. The molecule has 0 aromatic heterocycles. The van der Waals surface area contributed by atoms with E-state index in [-0.39, 0.29) is 17.4 Å². The molecule has 13 heavy (non-hydrogen) atoms. The monoisotopic (exact) mass is 184 g/mol. The highest BCUT2D eigenvalue weighted by molar-refractivity contribution is 5.75. The maximum Gasteiger partial charge on any atom is 0.131 e. The first kappa shape index (κ1) is 10.7. The zero-order valence-electron chi connectivity index (χ0n) is 8.84. The third kappa shape index (κ3) is 2.51. The Morgan fingerprint density at radius 3 is 2.62 bits per heavy atom. The molecule has 1 fully saturated rings. The van der Waals surface area contributed by atoms with Crippen molar-refractivity contribution in [1.29, 1.82) is 0 Å². The molecule has 0 saturated carbocycles. The van der Waals surface area contributed by atoms with Crippen LogP contribution < -0.4 is 5.73 Å². The lowest BCUT2D eigenvalue weighted by Gasteiger charge is -2.28. The number of nitrogens with two attached hydrogens (primary N) is 1. The number of ketones is 1. The molecule has 1 atom stereocenters. The lowest BCUT2D eigenvalue weighted by Crippen LogP contribution is -2.44. The van der Waals surface area contributed by atoms with Crippen molar-refractivity contribution in [2.75, 3.05) is 13.1 Å². The van der Waals surface area contributed by atoms with E-state index >= 15 is 0 Å². The van der Waals surface area contributed by atoms with Crippen molar-refractivity contribution in [3.63, 3.8) is 0 Å². The lowest BCUT2D eigenvalue weighted by molar-refractivity contribution is -0.117. The number of likely N-dealkylation sites (tertiary alicyclic amines) is 1. The maximum absolute atomic E-state index is 10.8. The summed E-state index contributed by atoms with van der Waals surface area (Å²) >= 11 is 0. The van der Waals surface area contributed by atoms with Gasteiger partial charge in [-0.15, -0.1) is 0 Å². The summed E-state index contributed by atoms with van der Waals surface area (Å²) in [5, 5.41) is 0. The minimum Gasteiger partial charge on any atom is -0.315 e. The van der Waals surface area contributed by atoms with Crippen molar-refractivity contribution in [2.24, 2.45) is 11.1 Å². The van der Waals surface area contributed by atoms with Crippen molar-refractivity contribution in [2.45, 2.75) is 39.8 Å². The van der Waals surface area contributed by atoms with Gasteiger partial charge in [0.2, 0.25) is 0 Å². The number of carbonyl (C=O) groups is 1. The van der Waals surface area contributed by atoms with Crippen LogP contribution >= 0.6 is 0 Å². The number of nitrogens with zero attached hydrogens (tertiary/aromatic N) is 1. The number of hydrogen-bond donors (Lipinski definition) is 1. The van der Waals surface area contributed by atoms with Crippen LogP contribution in [0, 0.1) is 5.41 Å². The highest BCUT2D eigenvalue weighted by Crippen LogP contribution is 2.32. The Kier molecular flexibility index (Phi) is 3.09. The molecule has 2 N–H and O–H groups in total. The summed E-state index contributed by atoms with van der Waals surface area (Å²) in [6.45, 7) is 7.85. The zero-order chi connectivity index (χ0) is 10.1. The second-order valence-corrected chi connectivity index (χ2v) is 4.67. The zero-order valence-corrected chi connectivity index (χ0v) is 8.84. The van der Waals surface area contributed by atoms with E-state index in [9.17, 15) is 4.79 Å². The average molecular weight is 184 g/mol. The van der Waals surface area contributed by atoms with Gasteiger partial charge in [-0.2, -0.15) is 0 Å². The van der Waals surface area contributed by atoms with Crippen LogP contribution in [0.2, 0.25) is 0 Å². The molecule has 76 valence electrons. The van der Waals surface area contributed by atoms with Crippen LogP contribution in [0.1, 0.15) is 33.6 Å². The first-order valence-corrected chi connectivity index (χ1v) is 4.92. The second-order valence-electron chi connectivity index (χ2n) is 4.67. The Balaban J connectivity index is 2.42. The van der Waals surface area contributed by atoms with Gasteiger partial charge in [-0.3, -0.25) is 9.69 Å². The predicted molar refractivity (Wildman–Crippen MR) is 53.2 cm³/mol. The van der Waals surface area contributed by atoms with E-state index in [1.54, 1.807) is 6.92 Å². The molecule has 1 rings (SSSR count). The minimum atomic E-state index is 0.117. The van der Waals surface area contributed by atoms with Gasteiger partial charge in [0.05, 0.1) is 6.17 Å². The fourth-order valence-corrected chi connectivity index (χ4v) is 1.76. The average Bonchev–Trinajstić information content (AvgIpc) is 2.25. The number of hydrogen-bond acceptors (Lipinski definition) is 3. The molecule has 0 aliphatic carbocycles. The van der Waals surface area contributed by atoms with E-state index in [4.69, 9.17) is 5.73 Å². The molecule has 0 radical (unpaired) electrons. The van der Waals surface area contributed by atoms with E-state index in [1.165, 1.54) is 0 Å². The van der Waals surface area contributed by atoms with Gasteiger partial charge in [-0.1, -0.05) is 13.8 Å². The van der Waals surface area contributed by atoms with Gasteiger partial charge < -0.3 is 5.73 Å². The summed E-state index contributed by atoms with van der Waals surface area (Å²) in [7, 11) is 0. The highest BCUT2D eigenvalue weighted by atomic mass is 16.1. The third-order valence-electron chi connectivity index (χ3n) is 2.99. The molecule has 0 aromatic carbocycles. The lowest BCUT2D eigenvalue weighted by atomic mass is 9.90. The van der Waals surface area contributed by atoms with E-state index in [1.807, 2.05) is 0 Å². The topological polar surface area (TPSA) is 46.3 Å². The van der Waals surface area contributed by atoms with E-state index < -0.39 is 0 Å². The Bertz CT molecular complexity index is 201. The normalized spacial score (nSPS) is 27.8. The molecule has 0 unspecified atom stereocenters. The van der Waals surface area contributed by atoms with Crippen LogP contribution in [0.15, 0.2) is 0 Å². The SMILES string of the molecule is CC(=O)CCN1CCC(C)(C)[C@@H]1N. The Morgan fingerprint density at radius 2 is 2.23 bits per heavy atom. The van der Waals surface area contributed by atoms with Crippen molar-refractivity contribution >= 4 is 5.78 Å². The fraction of sp³-hybridized carbons (Fsp3) is 0.900. The van der Waals surface area contributed by atoms with Crippen LogP contribution in [0.5, 0.6) is 0 Å². The van der Waals surface area contributed by atoms with Crippen molar-refractivity contribution in [3.8, 4) is 0 Å². The quantitative estimate of drug-likeness (QED) is 0.711. The van der Waals surface area contributed by atoms with Crippen molar-refractivity contribution < 1.29 is 4.79 Å². The molecule has 0 spiro atoms. The first-order chi connectivity index (χ1) is 5.93. The van der Waals surface area contributed by atoms with Gasteiger partial charge in [-0.05, 0) is 18.8 Å². The van der Waals surface area contributed by atoms with Crippen LogP contribution in [-0.4, -0.2) is 29.9 Å². The molecular formula is C10H20N2O. The molecule has 0 aromatic rings. The number of carbonyl (C=O) groups excluding carboxylic acids is 1. The smallest absolute Gasteiger partial charge is 0.131 e. The van der Waals surface area contributed by atoms with Gasteiger partial charge in [0, 0.05) is 19.5 Å². The molecule has 1 aliphatic rings. The molecule has 3 heteroatoms. The van der Waals surface area contributed by atoms with E-state index in [2.05, 4.69) is 18.7 Å². The summed E-state index contributed by atoms with van der Waals surface area (Å²) in [4.78, 5) is 13.0.